The Morgan fingerprint density at radius 3 is 1.79 bits per heavy atom. The molecule has 0 spiro atoms. The Morgan fingerprint density at radius 1 is 0.690 bits per heavy atom. The van der Waals surface area contributed by atoms with Crippen LogP contribution in [0.4, 0.5) is 10.5 Å². The summed E-state index contributed by atoms with van der Waals surface area (Å²) < 4.78 is 6.07. The maximum atomic E-state index is 14.2. The van der Waals surface area contributed by atoms with E-state index in [1.54, 1.807) is 0 Å². The molecule has 212 valence electrons. The largest absolute Gasteiger partial charge is 0.489 e. The van der Waals surface area contributed by atoms with E-state index in [2.05, 4.69) is 72.9 Å². The number of carbonyl (C=O) groups excluding carboxylic acids is 1. The van der Waals surface area contributed by atoms with Crippen LogP contribution in [-0.4, -0.2) is 10.9 Å². The molecule has 0 saturated heterocycles. The molecule has 0 bridgehead atoms. The van der Waals surface area contributed by atoms with Gasteiger partial charge in [0.25, 0.3) is 0 Å². The minimum atomic E-state index is -0.207. The van der Waals surface area contributed by atoms with Gasteiger partial charge in [0.15, 0.2) is 0 Å². The number of hydrogen-bond acceptors (Lipinski definition) is 2. The van der Waals surface area contributed by atoms with Crippen LogP contribution in [0.3, 0.4) is 0 Å². The normalized spacial score (nSPS) is 11.5. The summed E-state index contributed by atoms with van der Waals surface area (Å²) in [5.41, 5.74) is 8.57. The van der Waals surface area contributed by atoms with Crippen molar-refractivity contribution in [1.29, 1.82) is 0 Å². The second-order valence-electron chi connectivity index (χ2n) is 10.9. The molecule has 0 aromatic heterocycles. The number of rotatable bonds is 10. The van der Waals surface area contributed by atoms with Crippen LogP contribution >= 0.6 is 0 Å². The maximum absolute atomic E-state index is 14.2. The van der Waals surface area contributed by atoms with E-state index < -0.39 is 0 Å². The van der Waals surface area contributed by atoms with Gasteiger partial charge >= 0.3 is 6.03 Å². The maximum Gasteiger partial charge on any atom is 0.322 e. The predicted molar refractivity (Wildman–Crippen MR) is 172 cm³/mol. The van der Waals surface area contributed by atoms with Crippen molar-refractivity contribution < 1.29 is 9.53 Å². The number of nitrogens with zero attached hydrogens (tertiary/aromatic N) is 1. The number of ether oxygens (including phenoxy) is 1. The molecule has 0 saturated carbocycles. The van der Waals surface area contributed by atoms with E-state index in [-0.39, 0.29) is 12.1 Å². The summed E-state index contributed by atoms with van der Waals surface area (Å²) in [6.45, 7) is 7.15. The average molecular weight is 555 g/mol. The molecule has 0 heterocycles. The Morgan fingerprint density at radius 2 is 1.21 bits per heavy atom. The van der Waals surface area contributed by atoms with Crippen molar-refractivity contribution in [2.24, 2.45) is 0 Å². The van der Waals surface area contributed by atoms with Crippen molar-refractivity contribution in [2.45, 2.75) is 46.4 Å². The molecule has 5 rings (SSSR count). The zero-order valence-corrected chi connectivity index (χ0v) is 24.6. The molecular formula is C38H38N2O2. The minimum absolute atomic E-state index is 0.126. The SMILES string of the molecule is Cc1cc(C)c(NC(=O)N(Cc2ccccc2)C(Cc2ccccc2)c2ccc(OCc3ccccc3)cc2)c(C)c1. The second kappa shape index (κ2) is 13.7. The van der Waals surface area contributed by atoms with Gasteiger partial charge in [0.05, 0.1) is 6.04 Å². The summed E-state index contributed by atoms with van der Waals surface area (Å²) in [6, 6.07) is 42.8. The summed E-state index contributed by atoms with van der Waals surface area (Å²) in [7, 11) is 0. The minimum Gasteiger partial charge on any atom is -0.489 e. The average Bonchev–Trinajstić information content (AvgIpc) is 3.01. The first kappa shape index (κ1) is 28.7. The first-order valence-corrected chi connectivity index (χ1v) is 14.5. The molecule has 1 unspecified atom stereocenters. The van der Waals surface area contributed by atoms with Crippen molar-refractivity contribution in [3.8, 4) is 5.75 Å². The highest BCUT2D eigenvalue weighted by molar-refractivity contribution is 5.91. The van der Waals surface area contributed by atoms with Crippen LogP contribution in [0.1, 0.15) is 45.0 Å². The lowest BCUT2D eigenvalue weighted by Gasteiger charge is -2.33. The van der Waals surface area contributed by atoms with E-state index in [1.807, 2.05) is 85.5 Å². The van der Waals surface area contributed by atoms with Crippen LogP contribution in [0.2, 0.25) is 0 Å². The molecule has 4 nitrogen and oxygen atoms in total. The van der Waals surface area contributed by atoms with Crippen LogP contribution < -0.4 is 10.1 Å². The molecule has 0 aliphatic carbocycles. The van der Waals surface area contributed by atoms with Gasteiger partial charge in [-0.1, -0.05) is 121 Å². The highest BCUT2D eigenvalue weighted by atomic mass is 16.5. The number of benzene rings is 5. The lowest BCUT2D eigenvalue weighted by molar-refractivity contribution is 0.183. The standard InChI is InChI=1S/C38H38N2O2/c1-28-23-29(2)37(30(3)24-28)39-38(41)40(26-32-15-9-5-10-16-32)36(25-31-13-7-4-8-14-31)34-19-21-35(22-20-34)42-27-33-17-11-6-12-18-33/h4-24,36H,25-27H2,1-3H3,(H,39,41). The summed E-state index contributed by atoms with van der Waals surface area (Å²) in [6.07, 6.45) is 0.678. The fourth-order valence-corrected chi connectivity index (χ4v) is 5.43. The van der Waals surface area contributed by atoms with Gasteiger partial charge in [-0.15, -0.1) is 0 Å². The third-order valence-corrected chi connectivity index (χ3v) is 7.53. The molecule has 4 heteroatoms. The number of carbonyl (C=O) groups is 1. The van der Waals surface area contributed by atoms with E-state index in [0.29, 0.717) is 19.6 Å². The summed E-state index contributed by atoms with van der Waals surface area (Å²) in [5.74, 6) is 0.797. The molecule has 0 aliphatic heterocycles. The van der Waals surface area contributed by atoms with E-state index in [4.69, 9.17) is 4.74 Å². The van der Waals surface area contributed by atoms with Gasteiger partial charge in [0.1, 0.15) is 12.4 Å². The first-order chi connectivity index (χ1) is 20.5. The Balaban J connectivity index is 1.48. The van der Waals surface area contributed by atoms with E-state index in [9.17, 15) is 4.79 Å². The number of aryl methyl sites for hydroxylation is 3. The van der Waals surface area contributed by atoms with Crippen LogP contribution in [0.5, 0.6) is 5.75 Å². The lowest BCUT2D eigenvalue weighted by Crippen LogP contribution is -2.39. The topological polar surface area (TPSA) is 41.6 Å². The molecule has 5 aromatic carbocycles. The van der Waals surface area contributed by atoms with Crippen molar-refractivity contribution >= 4 is 11.7 Å². The second-order valence-corrected chi connectivity index (χ2v) is 10.9. The monoisotopic (exact) mass is 554 g/mol. The Labute approximate surface area is 249 Å². The third kappa shape index (κ3) is 7.46. The molecule has 5 aromatic rings. The highest BCUT2D eigenvalue weighted by Gasteiger charge is 2.27. The van der Waals surface area contributed by atoms with Crippen LogP contribution in [0.15, 0.2) is 127 Å². The molecule has 2 amide bonds. The molecule has 0 fully saturated rings. The fraction of sp³-hybridized carbons (Fsp3) is 0.184. The molecule has 0 radical (unpaired) electrons. The van der Waals surface area contributed by atoms with Crippen molar-refractivity contribution in [3.05, 3.63) is 166 Å². The van der Waals surface area contributed by atoms with Gasteiger partial charge in [-0.05, 0) is 72.7 Å². The van der Waals surface area contributed by atoms with Gasteiger partial charge in [-0.25, -0.2) is 4.79 Å². The fourth-order valence-electron chi connectivity index (χ4n) is 5.43. The zero-order valence-electron chi connectivity index (χ0n) is 24.6. The summed E-state index contributed by atoms with van der Waals surface area (Å²) in [5, 5.41) is 3.27. The van der Waals surface area contributed by atoms with Crippen molar-refractivity contribution in [2.75, 3.05) is 5.32 Å². The lowest BCUT2D eigenvalue weighted by atomic mass is 9.96. The van der Waals surface area contributed by atoms with E-state index in [0.717, 1.165) is 39.3 Å². The van der Waals surface area contributed by atoms with Crippen LogP contribution in [0.25, 0.3) is 0 Å². The van der Waals surface area contributed by atoms with Crippen LogP contribution in [-0.2, 0) is 19.6 Å². The summed E-state index contributed by atoms with van der Waals surface area (Å²) in [4.78, 5) is 16.2. The molecular weight excluding hydrogens is 516 g/mol. The quantitative estimate of drug-likeness (QED) is 0.187. The number of hydrogen-bond donors (Lipinski definition) is 1. The van der Waals surface area contributed by atoms with Gasteiger partial charge < -0.3 is 15.0 Å². The highest BCUT2D eigenvalue weighted by Crippen LogP contribution is 2.31. The Kier molecular flexibility index (Phi) is 9.35. The molecule has 42 heavy (non-hydrogen) atoms. The zero-order chi connectivity index (χ0) is 29.3. The van der Waals surface area contributed by atoms with E-state index >= 15 is 0 Å². The predicted octanol–water partition coefficient (Wildman–Crippen LogP) is 9.21. The number of amides is 2. The van der Waals surface area contributed by atoms with E-state index in [1.165, 1.54) is 11.1 Å². The number of anilines is 1. The molecule has 1 N–H and O–H groups in total. The van der Waals surface area contributed by atoms with Gasteiger partial charge in [0, 0.05) is 12.2 Å². The molecule has 0 aliphatic rings. The summed E-state index contributed by atoms with van der Waals surface area (Å²) >= 11 is 0. The third-order valence-electron chi connectivity index (χ3n) is 7.53. The number of urea groups is 1. The van der Waals surface area contributed by atoms with Crippen molar-refractivity contribution in [1.82, 2.24) is 4.90 Å². The van der Waals surface area contributed by atoms with Crippen molar-refractivity contribution in [3.63, 3.8) is 0 Å². The van der Waals surface area contributed by atoms with Gasteiger partial charge in [-0.3, -0.25) is 0 Å². The first-order valence-electron chi connectivity index (χ1n) is 14.5. The molecule has 1 atom stereocenters. The van der Waals surface area contributed by atoms with Crippen LogP contribution in [0, 0.1) is 20.8 Å². The number of nitrogens with one attached hydrogen (secondary N) is 1. The Hall–Kier alpha value is -4.83. The Bertz CT molecular complexity index is 1560. The smallest absolute Gasteiger partial charge is 0.322 e. The van der Waals surface area contributed by atoms with Gasteiger partial charge in [-0.2, -0.15) is 0 Å². The van der Waals surface area contributed by atoms with Gasteiger partial charge in [0.2, 0.25) is 0 Å².